The molecule has 0 bridgehead atoms. The molecule has 0 saturated carbocycles. The van der Waals surface area contributed by atoms with Gasteiger partial charge in [-0.3, -0.25) is 0 Å². The Morgan fingerprint density at radius 3 is 1.65 bits per heavy atom. The maximum atomic E-state index is 12.8. The van der Waals surface area contributed by atoms with Gasteiger partial charge in [0.25, 0.3) is 0 Å². The van der Waals surface area contributed by atoms with E-state index in [0.717, 1.165) is 6.26 Å². The third kappa shape index (κ3) is 3.86. The van der Waals surface area contributed by atoms with Crippen LogP contribution >= 0.6 is 0 Å². The van der Waals surface area contributed by atoms with Crippen molar-refractivity contribution in [2.45, 2.75) is 12.4 Å². The van der Waals surface area contributed by atoms with E-state index in [1.807, 2.05) is 0 Å². The minimum atomic E-state index is -5.03. The number of hydrogen-bond acceptors (Lipinski definition) is 3. The number of benzene rings is 1. The van der Waals surface area contributed by atoms with Crippen LogP contribution in [-0.2, 0) is 22.2 Å². The predicted molar refractivity (Wildman–Crippen MR) is 71.1 cm³/mol. The highest BCUT2D eigenvalue weighted by Gasteiger charge is 2.38. The van der Waals surface area contributed by atoms with E-state index in [-0.39, 0.29) is 24.7 Å². The van der Waals surface area contributed by atoms with Crippen molar-refractivity contribution in [2.75, 3.05) is 19.3 Å². The summed E-state index contributed by atoms with van der Waals surface area (Å²) in [6.45, 7) is 0.194. The zero-order chi connectivity index (χ0) is 17.6. The molecule has 1 saturated heterocycles. The summed E-state index contributed by atoms with van der Waals surface area (Å²) in [4.78, 5) is -0.493. The minimum absolute atomic E-state index is 0.0346. The zero-order valence-electron chi connectivity index (χ0n) is 11.6. The van der Waals surface area contributed by atoms with Gasteiger partial charge in [0, 0.05) is 19.3 Å². The molecule has 23 heavy (non-hydrogen) atoms. The minimum Gasteiger partial charge on any atom is -0.309 e. The van der Waals surface area contributed by atoms with Gasteiger partial charge >= 0.3 is 12.4 Å². The second-order valence-electron chi connectivity index (χ2n) is 5.10. The Morgan fingerprint density at radius 2 is 1.39 bits per heavy atom. The van der Waals surface area contributed by atoms with E-state index < -0.39 is 43.8 Å². The Balaban J connectivity index is 2.76. The van der Waals surface area contributed by atoms with Crippen LogP contribution in [0.25, 0.3) is 4.91 Å². The molecule has 2 rings (SSSR count). The van der Waals surface area contributed by atoms with E-state index in [4.69, 9.17) is 0 Å². The van der Waals surface area contributed by atoms with Gasteiger partial charge in [-0.25, -0.2) is 8.42 Å². The Hall–Kier alpha value is -1.55. The van der Waals surface area contributed by atoms with Crippen LogP contribution in [0.15, 0.2) is 23.8 Å². The summed E-state index contributed by atoms with van der Waals surface area (Å²) in [6.07, 6.45) is -9.30. The maximum Gasteiger partial charge on any atom is 0.416 e. The van der Waals surface area contributed by atoms with Crippen molar-refractivity contribution >= 4 is 14.7 Å². The molecule has 128 valence electrons. The van der Waals surface area contributed by atoms with Crippen molar-refractivity contribution in [3.05, 3.63) is 40.5 Å². The first-order valence-electron chi connectivity index (χ1n) is 6.23. The van der Waals surface area contributed by atoms with Gasteiger partial charge in [-0.15, -0.1) is 0 Å². The standard InChI is InChI=1S/C13H11F6NO2S/c1-23(21,22)11(8-5-20-6-8)7-2-9(12(14,15)16)4-10(3-7)13(17,18)19/h2-4,20H,5-6H2,1H3. The molecule has 1 aliphatic heterocycles. The number of hydrogen-bond donors (Lipinski definition) is 1. The Kier molecular flexibility index (Phi) is 4.27. The number of alkyl halides is 6. The molecule has 1 heterocycles. The van der Waals surface area contributed by atoms with Crippen molar-refractivity contribution in [1.82, 2.24) is 5.32 Å². The first-order valence-corrected chi connectivity index (χ1v) is 8.12. The number of nitrogens with one attached hydrogen (secondary N) is 1. The second-order valence-corrected chi connectivity index (χ2v) is 7.06. The van der Waals surface area contributed by atoms with Gasteiger partial charge in [0.2, 0.25) is 0 Å². The number of sulfone groups is 1. The van der Waals surface area contributed by atoms with Crippen molar-refractivity contribution < 1.29 is 34.8 Å². The largest absolute Gasteiger partial charge is 0.416 e. The highest BCUT2D eigenvalue weighted by molar-refractivity contribution is 8.00. The Bertz CT molecular complexity index is 723. The van der Waals surface area contributed by atoms with Gasteiger partial charge in [-0.1, -0.05) is 0 Å². The predicted octanol–water partition coefficient (Wildman–Crippen LogP) is 3.08. The monoisotopic (exact) mass is 359 g/mol. The third-order valence-corrected chi connectivity index (χ3v) is 4.48. The van der Waals surface area contributed by atoms with Crippen molar-refractivity contribution in [2.24, 2.45) is 0 Å². The van der Waals surface area contributed by atoms with E-state index in [9.17, 15) is 34.8 Å². The molecule has 1 aromatic carbocycles. The van der Waals surface area contributed by atoms with Crippen molar-refractivity contribution in [3.63, 3.8) is 0 Å². The van der Waals surface area contributed by atoms with E-state index in [2.05, 4.69) is 5.32 Å². The highest BCUT2D eigenvalue weighted by Crippen LogP contribution is 2.39. The molecule has 0 aliphatic carbocycles. The van der Waals surface area contributed by atoms with Crippen LogP contribution < -0.4 is 5.32 Å². The van der Waals surface area contributed by atoms with Crippen LogP contribution in [0.4, 0.5) is 26.3 Å². The van der Waals surface area contributed by atoms with Gasteiger partial charge in [0.15, 0.2) is 9.84 Å². The lowest BCUT2D eigenvalue weighted by atomic mass is 10.0. The molecule has 0 aromatic heterocycles. The first-order chi connectivity index (χ1) is 10.3. The Morgan fingerprint density at radius 1 is 0.957 bits per heavy atom. The van der Waals surface area contributed by atoms with Crippen LogP contribution in [0.5, 0.6) is 0 Å². The van der Waals surface area contributed by atoms with Gasteiger partial charge in [0.05, 0.1) is 16.0 Å². The van der Waals surface area contributed by atoms with Gasteiger partial charge in [-0.05, 0) is 29.3 Å². The summed E-state index contributed by atoms with van der Waals surface area (Å²) in [5, 5.41) is 2.71. The fourth-order valence-electron chi connectivity index (χ4n) is 2.18. The van der Waals surface area contributed by atoms with Crippen LogP contribution in [-0.4, -0.2) is 27.8 Å². The van der Waals surface area contributed by atoms with E-state index in [1.165, 1.54) is 0 Å². The molecule has 0 spiro atoms. The quantitative estimate of drug-likeness (QED) is 0.826. The molecule has 1 aromatic rings. The molecule has 10 heteroatoms. The van der Waals surface area contributed by atoms with Crippen LogP contribution in [0.1, 0.15) is 16.7 Å². The van der Waals surface area contributed by atoms with Crippen molar-refractivity contribution in [3.8, 4) is 0 Å². The van der Waals surface area contributed by atoms with Crippen LogP contribution in [0.3, 0.4) is 0 Å². The molecule has 0 amide bonds. The smallest absolute Gasteiger partial charge is 0.309 e. The van der Waals surface area contributed by atoms with Gasteiger partial charge < -0.3 is 5.32 Å². The van der Waals surface area contributed by atoms with Crippen LogP contribution in [0, 0.1) is 0 Å². The summed E-state index contributed by atoms with van der Waals surface area (Å²) in [6, 6.07) is 0.820. The molecule has 1 N–H and O–H groups in total. The fourth-order valence-corrected chi connectivity index (χ4v) is 3.39. The second kappa shape index (κ2) is 5.52. The summed E-state index contributed by atoms with van der Waals surface area (Å²) in [5.74, 6) is 0. The summed E-state index contributed by atoms with van der Waals surface area (Å²) in [5.41, 5.74) is -3.45. The summed E-state index contributed by atoms with van der Waals surface area (Å²) in [7, 11) is -4.00. The normalized spacial score (nSPS) is 16.2. The number of rotatable bonds is 2. The topological polar surface area (TPSA) is 46.2 Å². The molecule has 1 aliphatic rings. The van der Waals surface area contributed by atoms with Crippen LogP contribution in [0.2, 0.25) is 0 Å². The maximum absolute atomic E-state index is 12.8. The molecule has 0 atom stereocenters. The first kappa shape index (κ1) is 17.8. The SMILES string of the molecule is CS(=O)(=O)C(=C1CNC1)c1cc(C(F)(F)F)cc(C(F)(F)F)c1. The fraction of sp³-hybridized carbons (Fsp3) is 0.385. The highest BCUT2D eigenvalue weighted by atomic mass is 32.2. The average Bonchev–Trinajstić information content (AvgIpc) is 2.29. The molecule has 3 nitrogen and oxygen atoms in total. The lowest BCUT2D eigenvalue weighted by molar-refractivity contribution is -0.143. The Labute approximate surface area is 127 Å². The van der Waals surface area contributed by atoms with E-state index in [1.54, 1.807) is 0 Å². The lowest BCUT2D eigenvalue weighted by Crippen LogP contribution is -2.35. The molecule has 1 fully saturated rings. The average molecular weight is 359 g/mol. The molecular formula is C13H11F6NO2S. The third-order valence-electron chi connectivity index (χ3n) is 3.22. The van der Waals surface area contributed by atoms with E-state index in [0.29, 0.717) is 12.1 Å². The number of halogens is 6. The van der Waals surface area contributed by atoms with Crippen molar-refractivity contribution in [1.29, 1.82) is 0 Å². The lowest BCUT2D eigenvalue weighted by Gasteiger charge is -2.24. The zero-order valence-corrected chi connectivity index (χ0v) is 12.5. The molecule has 0 radical (unpaired) electrons. The molecular weight excluding hydrogens is 348 g/mol. The van der Waals surface area contributed by atoms with E-state index >= 15 is 0 Å². The van der Waals surface area contributed by atoms with Gasteiger partial charge in [-0.2, -0.15) is 26.3 Å². The molecule has 0 unspecified atom stereocenters. The summed E-state index contributed by atoms with van der Waals surface area (Å²) < 4.78 is 101. The van der Waals surface area contributed by atoms with Gasteiger partial charge in [0.1, 0.15) is 0 Å². The summed E-state index contributed by atoms with van der Waals surface area (Å²) >= 11 is 0.